The molecule has 1 atom stereocenters. The predicted molar refractivity (Wildman–Crippen MR) is 115 cm³/mol. The van der Waals surface area contributed by atoms with Crippen LogP contribution in [0.15, 0.2) is 78.9 Å². The standard InChI is InChI=1S/C24H26N2O3/c1-26(17-18-14-15-21(28-2)22(16-18)29-3)23(19-10-6-4-7-11-19)24(27)25-20-12-8-5-9-13-20/h4-16,23H,17H2,1-3H3,(H,25,27). The van der Waals surface area contributed by atoms with Gasteiger partial charge in [-0.3, -0.25) is 9.69 Å². The smallest absolute Gasteiger partial charge is 0.246 e. The Morgan fingerprint density at radius 3 is 2.14 bits per heavy atom. The van der Waals surface area contributed by atoms with Crippen LogP contribution in [-0.2, 0) is 11.3 Å². The Morgan fingerprint density at radius 2 is 1.52 bits per heavy atom. The second-order valence-corrected chi connectivity index (χ2v) is 6.77. The fourth-order valence-corrected chi connectivity index (χ4v) is 3.33. The molecule has 3 rings (SSSR count). The van der Waals surface area contributed by atoms with E-state index in [0.29, 0.717) is 18.0 Å². The number of benzene rings is 3. The minimum Gasteiger partial charge on any atom is -0.493 e. The van der Waals surface area contributed by atoms with Crippen molar-refractivity contribution in [2.75, 3.05) is 26.6 Å². The Kier molecular flexibility index (Phi) is 6.87. The normalized spacial score (nSPS) is 11.7. The van der Waals surface area contributed by atoms with Crippen molar-refractivity contribution >= 4 is 11.6 Å². The summed E-state index contributed by atoms with van der Waals surface area (Å²) in [5.74, 6) is 1.27. The lowest BCUT2D eigenvalue weighted by Crippen LogP contribution is -2.34. The van der Waals surface area contributed by atoms with Crippen molar-refractivity contribution in [1.29, 1.82) is 0 Å². The van der Waals surface area contributed by atoms with Crippen molar-refractivity contribution in [3.63, 3.8) is 0 Å². The van der Waals surface area contributed by atoms with E-state index in [1.54, 1.807) is 14.2 Å². The SMILES string of the molecule is COc1ccc(CN(C)C(C(=O)Nc2ccccc2)c2ccccc2)cc1OC. The molecule has 0 aliphatic heterocycles. The van der Waals surface area contributed by atoms with Crippen LogP contribution in [-0.4, -0.2) is 32.1 Å². The van der Waals surface area contributed by atoms with Gasteiger partial charge in [-0.25, -0.2) is 0 Å². The highest BCUT2D eigenvalue weighted by Gasteiger charge is 2.25. The van der Waals surface area contributed by atoms with E-state index < -0.39 is 6.04 Å². The number of likely N-dealkylation sites (N-methyl/N-ethyl adjacent to an activating group) is 1. The largest absolute Gasteiger partial charge is 0.493 e. The third-order valence-electron chi connectivity index (χ3n) is 4.73. The van der Waals surface area contributed by atoms with Gasteiger partial charge in [-0.05, 0) is 42.4 Å². The first-order valence-electron chi connectivity index (χ1n) is 9.44. The van der Waals surface area contributed by atoms with Crippen molar-refractivity contribution in [1.82, 2.24) is 4.90 Å². The maximum atomic E-state index is 13.2. The van der Waals surface area contributed by atoms with Gasteiger partial charge in [0.25, 0.3) is 0 Å². The molecule has 5 nitrogen and oxygen atoms in total. The summed E-state index contributed by atoms with van der Waals surface area (Å²) in [6.07, 6.45) is 0. The molecule has 0 aromatic heterocycles. The molecule has 0 aliphatic carbocycles. The van der Waals surface area contributed by atoms with Gasteiger partial charge < -0.3 is 14.8 Å². The number of amides is 1. The fraction of sp³-hybridized carbons (Fsp3) is 0.208. The number of carbonyl (C=O) groups is 1. The van der Waals surface area contributed by atoms with E-state index in [-0.39, 0.29) is 5.91 Å². The van der Waals surface area contributed by atoms with E-state index in [2.05, 4.69) is 5.32 Å². The molecule has 0 aliphatic rings. The summed E-state index contributed by atoms with van der Waals surface area (Å²) in [6.45, 7) is 0.572. The highest BCUT2D eigenvalue weighted by molar-refractivity contribution is 5.95. The number of nitrogens with one attached hydrogen (secondary N) is 1. The average Bonchev–Trinajstić information content (AvgIpc) is 2.75. The number of hydrogen-bond acceptors (Lipinski definition) is 4. The van der Waals surface area contributed by atoms with Crippen LogP contribution in [0.25, 0.3) is 0 Å². The van der Waals surface area contributed by atoms with Crippen LogP contribution in [0.3, 0.4) is 0 Å². The summed E-state index contributed by atoms with van der Waals surface area (Å²) in [4.78, 5) is 15.2. The van der Waals surface area contributed by atoms with Crippen LogP contribution in [0.1, 0.15) is 17.2 Å². The van der Waals surface area contributed by atoms with Gasteiger partial charge in [0, 0.05) is 12.2 Å². The van der Waals surface area contributed by atoms with Crippen molar-refractivity contribution in [2.24, 2.45) is 0 Å². The molecule has 0 radical (unpaired) electrons. The van der Waals surface area contributed by atoms with Gasteiger partial charge >= 0.3 is 0 Å². The monoisotopic (exact) mass is 390 g/mol. The number of methoxy groups -OCH3 is 2. The van der Waals surface area contributed by atoms with Crippen molar-refractivity contribution in [3.8, 4) is 11.5 Å². The van der Waals surface area contributed by atoms with Crippen LogP contribution in [0.4, 0.5) is 5.69 Å². The Labute approximate surface area is 171 Å². The van der Waals surface area contributed by atoms with Gasteiger partial charge in [-0.15, -0.1) is 0 Å². The van der Waals surface area contributed by atoms with Gasteiger partial charge in [-0.1, -0.05) is 54.6 Å². The molecule has 0 saturated carbocycles. The lowest BCUT2D eigenvalue weighted by Gasteiger charge is -2.28. The summed E-state index contributed by atoms with van der Waals surface area (Å²) in [5, 5.41) is 3.02. The second kappa shape index (κ2) is 9.75. The van der Waals surface area contributed by atoms with E-state index in [4.69, 9.17) is 9.47 Å². The molecule has 150 valence electrons. The zero-order chi connectivity index (χ0) is 20.6. The lowest BCUT2D eigenvalue weighted by atomic mass is 10.0. The molecule has 29 heavy (non-hydrogen) atoms. The summed E-state index contributed by atoms with van der Waals surface area (Å²) >= 11 is 0. The minimum atomic E-state index is -0.440. The summed E-state index contributed by atoms with van der Waals surface area (Å²) in [5.41, 5.74) is 2.74. The van der Waals surface area contributed by atoms with Crippen LogP contribution in [0.2, 0.25) is 0 Å². The highest BCUT2D eigenvalue weighted by atomic mass is 16.5. The fourth-order valence-electron chi connectivity index (χ4n) is 3.33. The van der Waals surface area contributed by atoms with Crippen LogP contribution in [0, 0.1) is 0 Å². The molecular formula is C24H26N2O3. The minimum absolute atomic E-state index is 0.0784. The number of carbonyl (C=O) groups excluding carboxylic acids is 1. The molecule has 0 bridgehead atoms. The number of nitrogens with zero attached hydrogens (tertiary/aromatic N) is 1. The maximum absolute atomic E-state index is 13.2. The zero-order valence-corrected chi connectivity index (χ0v) is 17.0. The Bertz CT molecular complexity index is 929. The first-order chi connectivity index (χ1) is 14.1. The van der Waals surface area contributed by atoms with Crippen LogP contribution >= 0.6 is 0 Å². The third-order valence-corrected chi connectivity index (χ3v) is 4.73. The summed E-state index contributed by atoms with van der Waals surface area (Å²) in [7, 11) is 5.17. The van der Waals surface area contributed by atoms with Gasteiger partial charge in [-0.2, -0.15) is 0 Å². The molecule has 0 spiro atoms. The topological polar surface area (TPSA) is 50.8 Å². The van der Waals surface area contributed by atoms with E-state index in [9.17, 15) is 4.79 Å². The third kappa shape index (κ3) is 5.15. The van der Waals surface area contributed by atoms with Crippen LogP contribution in [0.5, 0.6) is 11.5 Å². The molecule has 1 amide bonds. The average molecular weight is 390 g/mol. The second-order valence-electron chi connectivity index (χ2n) is 6.77. The maximum Gasteiger partial charge on any atom is 0.246 e. The quantitative estimate of drug-likeness (QED) is 0.615. The molecule has 1 N–H and O–H groups in total. The molecule has 3 aromatic rings. The molecule has 1 unspecified atom stereocenters. The lowest BCUT2D eigenvalue weighted by molar-refractivity contribution is -0.121. The summed E-state index contributed by atoms with van der Waals surface area (Å²) < 4.78 is 10.7. The first-order valence-corrected chi connectivity index (χ1v) is 9.44. The van der Waals surface area contributed by atoms with E-state index in [1.807, 2.05) is 90.8 Å². The molecular weight excluding hydrogens is 364 g/mol. The first kappa shape index (κ1) is 20.4. The number of hydrogen-bond donors (Lipinski definition) is 1. The zero-order valence-electron chi connectivity index (χ0n) is 17.0. The van der Waals surface area contributed by atoms with Crippen molar-refractivity contribution in [2.45, 2.75) is 12.6 Å². The van der Waals surface area contributed by atoms with Gasteiger partial charge in [0.2, 0.25) is 5.91 Å². The Balaban J connectivity index is 1.85. The molecule has 0 heterocycles. The van der Waals surface area contributed by atoms with Crippen molar-refractivity contribution < 1.29 is 14.3 Å². The number of rotatable bonds is 8. The molecule has 3 aromatic carbocycles. The van der Waals surface area contributed by atoms with E-state index in [0.717, 1.165) is 16.8 Å². The molecule has 0 fully saturated rings. The highest BCUT2D eigenvalue weighted by Crippen LogP contribution is 2.29. The molecule has 0 saturated heterocycles. The van der Waals surface area contributed by atoms with E-state index in [1.165, 1.54) is 0 Å². The van der Waals surface area contributed by atoms with Gasteiger partial charge in [0.05, 0.1) is 14.2 Å². The summed E-state index contributed by atoms with van der Waals surface area (Å²) in [6, 6.07) is 24.6. The number of anilines is 1. The van der Waals surface area contributed by atoms with Crippen molar-refractivity contribution in [3.05, 3.63) is 90.0 Å². The van der Waals surface area contributed by atoms with Crippen LogP contribution < -0.4 is 14.8 Å². The predicted octanol–water partition coefficient (Wildman–Crippen LogP) is 4.52. The van der Waals surface area contributed by atoms with E-state index >= 15 is 0 Å². The number of para-hydroxylation sites is 1. The Morgan fingerprint density at radius 1 is 0.897 bits per heavy atom. The van der Waals surface area contributed by atoms with Gasteiger partial charge in [0.15, 0.2) is 11.5 Å². The van der Waals surface area contributed by atoms with Gasteiger partial charge in [0.1, 0.15) is 6.04 Å². The number of ether oxygens (including phenoxy) is 2. The molecule has 5 heteroatoms. The Hall–Kier alpha value is -3.31.